The van der Waals surface area contributed by atoms with Gasteiger partial charge in [-0.3, -0.25) is 4.79 Å². The van der Waals surface area contributed by atoms with E-state index >= 15 is 0 Å². The van der Waals surface area contributed by atoms with Crippen molar-refractivity contribution in [3.8, 4) is 5.75 Å². The zero-order valence-corrected chi connectivity index (χ0v) is 11.8. The molecule has 1 aromatic heterocycles. The van der Waals surface area contributed by atoms with Crippen molar-refractivity contribution in [2.24, 2.45) is 0 Å². The Balaban J connectivity index is 3.11. The highest BCUT2D eigenvalue weighted by Gasteiger charge is 2.23. The highest BCUT2D eigenvalue weighted by molar-refractivity contribution is 6.36. The summed E-state index contributed by atoms with van der Waals surface area (Å²) >= 11 is 6.08. The number of halogens is 1. The number of aromatic nitrogens is 1. The zero-order chi connectivity index (χ0) is 14.5. The molecule has 1 aromatic carbocycles. The van der Waals surface area contributed by atoms with E-state index in [9.17, 15) is 14.7 Å². The first kappa shape index (κ1) is 13.7. The van der Waals surface area contributed by atoms with Crippen LogP contribution in [0.5, 0.6) is 5.75 Å². The largest absolute Gasteiger partial charge is 0.508 e. The molecule has 2 rings (SSSR count). The predicted octanol–water partition coefficient (Wildman–Crippen LogP) is 2.38. The molecule has 1 N–H and O–H groups in total. The average molecular weight is 284 g/mol. The Hall–Kier alpha value is -1.75. The second kappa shape index (κ2) is 4.13. The van der Waals surface area contributed by atoms with E-state index in [-0.39, 0.29) is 21.5 Å². The second-order valence-corrected chi connectivity index (χ2v) is 5.78. The molecular formula is C13H14ClNO4. The topological polar surface area (TPSA) is 72.4 Å². The molecule has 0 aliphatic carbocycles. The predicted molar refractivity (Wildman–Crippen MR) is 73.2 cm³/mol. The van der Waals surface area contributed by atoms with Gasteiger partial charge in [0, 0.05) is 5.56 Å². The van der Waals surface area contributed by atoms with Gasteiger partial charge in [0.1, 0.15) is 5.75 Å². The summed E-state index contributed by atoms with van der Waals surface area (Å²) in [5.41, 5.74) is -1.52. The van der Waals surface area contributed by atoms with Gasteiger partial charge in [-0.25, -0.2) is 4.79 Å². The van der Waals surface area contributed by atoms with E-state index in [2.05, 4.69) is 0 Å². The summed E-state index contributed by atoms with van der Waals surface area (Å²) in [6, 6.07) is 1.21. The van der Waals surface area contributed by atoms with Gasteiger partial charge in [-0.2, -0.15) is 4.74 Å². The lowest BCUT2D eigenvalue weighted by atomic mass is 10.1. The van der Waals surface area contributed by atoms with Gasteiger partial charge in [-0.15, -0.1) is 0 Å². The Morgan fingerprint density at radius 3 is 2.42 bits per heavy atom. The van der Waals surface area contributed by atoms with Crippen molar-refractivity contribution in [3.63, 3.8) is 0 Å². The van der Waals surface area contributed by atoms with Crippen LogP contribution in [0.1, 0.15) is 26.3 Å². The van der Waals surface area contributed by atoms with Crippen LogP contribution in [-0.2, 0) is 5.54 Å². The summed E-state index contributed by atoms with van der Waals surface area (Å²) in [5.74, 6) is -0.141. The van der Waals surface area contributed by atoms with Gasteiger partial charge in [0.25, 0.3) is 5.56 Å². The fourth-order valence-electron chi connectivity index (χ4n) is 1.82. The van der Waals surface area contributed by atoms with Crippen molar-refractivity contribution in [2.75, 3.05) is 0 Å². The van der Waals surface area contributed by atoms with Gasteiger partial charge >= 0.3 is 5.63 Å². The number of fused-ring (bicyclic) bond motifs is 1. The van der Waals surface area contributed by atoms with Crippen molar-refractivity contribution in [2.45, 2.75) is 33.2 Å². The number of hydrogen-bond acceptors (Lipinski definition) is 4. The van der Waals surface area contributed by atoms with E-state index in [1.54, 1.807) is 27.7 Å². The normalized spacial score (nSPS) is 12.1. The van der Waals surface area contributed by atoms with Crippen molar-refractivity contribution >= 4 is 22.4 Å². The van der Waals surface area contributed by atoms with Crippen LogP contribution in [-0.4, -0.2) is 9.85 Å². The first-order valence-corrected chi connectivity index (χ1v) is 6.11. The monoisotopic (exact) mass is 283 g/mol. The molecule has 19 heavy (non-hydrogen) atoms. The van der Waals surface area contributed by atoms with Crippen LogP contribution >= 0.6 is 11.6 Å². The minimum absolute atomic E-state index is 0.0152. The number of phenols is 1. The van der Waals surface area contributed by atoms with E-state index in [1.807, 2.05) is 0 Å². The maximum absolute atomic E-state index is 12.4. The SMILES string of the molecule is Cc1c(O)cc2c(=O)on(C(C)(C)C)c(=O)c2c1Cl. The first-order chi connectivity index (χ1) is 8.64. The van der Waals surface area contributed by atoms with Crippen LogP contribution < -0.4 is 11.2 Å². The Labute approximate surface area is 114 Å². The third-order valence-corrected chi connectivity index (χ3v) is 3.36. The molecule has 102 valence electrons. The summed E-state index contributed by atoms with van der Waals surface area (Å²) in [4.78, 5) is 24.3. The molecule has 0 saturated carbocycles. The van der Waals surface area contributed by atoms with Crippen molar-refractivity contribution in [1.82, 2.24) is 4.74 Å². The minimum Gasteiger partial charge on any atom is -0.508 e. The van der Waals surface area contributed by atoms with Crippen LogP contribution in [0, 0.1) is 6.92 Å². The molecule has 0 aliphatic heterocycles. The van der Waals surface area contributed by atoms with E-state index in [1.165, 1.54) is 6.07 Å². The van der Waals surface area contributed by atoms with Crippen molar-refractivity contribution in [1.29, 1.82) is 0 Å². The summed E-state index contributed by atoms with van der Waals surface area (Å²) in [7, 11) is 0. The molecule has 0 unspecified atom stereocenters. The third-order valence-electron chi connectivity index (χ3n) is 2.89. The van der Waals surface area contributed by atoms with E-state index in [0.717, 1.165) is 4.74 Å². The Kier molecular flexibility index (Phi) is 2.97. The number of hydrogen-bond donors (Lipinski definition) is 1. The maximum atomic E-state index is 12.4. The van der Waals surface area contributed by atoms with Gasteiger partial charge in [0.2, 0.25) is 0 Å². The molecule has 0 saturated heterocycles. The highest BCUT2D eigenvalue weighted by atomic mass is 35.5. The number of benzene rings is 1. The molecule has 5 nitrogen and oxygen atoms in total. The Morgan fingerprint density at radius 2 is 1.89 bits per heavy atom. The first-order valence-electron chi connectivity index (χ1n) is 5.73. The number of rotatable bonds is 0. The van der Waals surface area contributed by atoms with Crippen molar-refractivity contribution in [3.05, 3.63) is 37.4 Å². The lowest BCUT2D eigenvalue weighted by molar-refractivity contribution is 0.135. The van der Waals surface area contributed by atoms with Gasteiger partial charge in [-0.1, -0.05) is 11.6 Å². The van der Waals surface area contributed by atoms with E-state index in [4.69, 9.17) is 16.1 Å². The Bertz CT molecular complexity index is 780. The van der Waals surface area contributed by atoms with E-state index < -0.39 is 16.7 Å². The van der Waals surface area contributed by atoms with Crippen LogP contribution in [0.15, 0.2) is 20.2 Å². The lowest BCUT2D eigenvalue weighted by Crippen LogP contribution is -2.36. The molecule has 0 bridgehead atoms. The molecule has 0 atom stereocenters. The summed E-state index contributed by atoms with van der Waals surface area (Å²) in [6.45, 7) is 6.80. The number of phenolic OH excluding ortho intramolecular Hbond substituents is 1. The molecular weight excluding hydrogens is 270 g/mol. The molecule has 2 aromatic rings. The molecule has 0 fully saturated rings. The second-order valence-electron chi connectivity index (χ2n) is 5.41. The fraction of sp³-hybridized carbons (Fsp3) is 0.385. The quantitative estimate of drug-likeness (QED) is 0.806. The summed E-state index contributed by atoms with van der Waals surface area (Å²) in [5, 5.41) is 9.80. The molecule has 0 radical (unpaired) electrons. The van der Waals surface area contributed by atoms with Crippen LogP contribution in [0.2, 0.25) is 5.02 Å². The van der Waals surface area contributed by atoms with Gasteiger partial charge < -0.3 is 9.63 Å². The Morgan fingerprint density at radius 1 is 1.32 bits per heavy atom. The number of aromatic hydroxyl groups is 1. The van der Waals surface area contributed by atoms with Crippen molar-refractivity contribution < 1.29 is 9.63 Å². The standard InChI is InChI=1S/C13H14ClNO4/c1-6-8(16)5-7-9(10(6)14)11(17)15(13(2,3)4)19-12(7)18/h5,16H,1-4H3. The lowest BCUT2D eigenvalue weighted by Gasteiger charge is -2.20. The molecule has 1 heterocycles. The summed E-state index contributed by atoms with van der Waals surface area (Å²) in [6.07, 6.45) is 0. The van der Waals surface area contributed by atoms with E-state index in [0.29, 0.717) is 5.56 Å². The van der Waals surface area contributed by atoms with Crippen LogP contribution in [0.3, 0.4) is 0 Å². The molecule has 0 spiro atoms. The fourth-order valence-corrected chi connectivity index (χ4v) is 2.10. The average Bonchev–Trinajstić information content (AvgIpc) is 2.28. The van der Waals surface area contributed by atoms with Crippen LogP contribution in [0.25, 0.3) is 10.8 Å². The molecule has 6 heteroatoms. The smallest absolute Gasteiger partial charge is 0.364 e. The summed E-state index contributed by atoms with van der Waals surface area (Å²) < 4.78 is 6.01. The molecule has 0 amide bonds. The maximum Gasteiger partial charge on any atom is 0.364 e. The highest BCUT2D eigenvalue weighted by Crippen LogP contribution is 2.30. The van der Waals surface area contributed by atoms with Gasteiger partial charge in [-0.05, 0) is 33.8 Å². The van der Waals surface area contributed by atoms with Gasteiger partial charge in [0.05, 0.1) is 21.3 Å². The third kappa shape index (κ3) is 2.04. The molecule has 0 aliphatic rings. The minimum atomic E-state index is -0.707. The zero-order valence-electron chi connectivity index (χ0n) is 11.1. The van der Waals surface area contributed by atoms with Gasteiger partial charge in [0.15, 0.2) is 0 Å². The number of nitrogens with zero attached hydrogens (tertiary/aromatic N) is 1. The van der Waals surface area contributed by atoms with Crippen LogP contribution in [0.4, 0.5) is 0 Å².